The van der Waals surface area contributed by atoms with Crippen LogP contribution >= 0.6 is 0 Å². The van der Waals surface area contributed by atoms with Crippen LogP contribution in [-0.4, -0.2) is 30.7 Å². The van der Waals surface area contributed by atoms with E-state index < -0.39 is 38.0 Å². The molecule has 1 saturated heterocycles. The van der Waals surface area contributed by atoms with Crippen molar-refractivity contribution in [1.82, 2.24) is 4.31 Å². The van der Waals surface area contributed by atoms with Crippen molar-refractivity contribution >= 4 is 15.7 Å². The number of nitro groups is 1. The molecule has 1 heterocycles. The Morgan fingerprint density at radius 2 is 1.69 bits per heavy atom. The third-order valence-corrected chi connectivity index (χ3v) is 5.84. The van der Waals surface area contributed by atoms with Gasteiger partial charge in [-0.15, -0.1) is 0 Å². The molecular formula is C16H14F2N2O5S. The maximum absolute atomic E-state index is 13.7. The van der Waals surface area contributed by atoms with Crippen molar-refractivity contribution < 1.29 is 26.9 Å². The number of hydrogen-bond acceptors (Lipinski definition) is 5. The molecule has 0 bridgehead atoms. The molecule has 0 spiro atoms. The van der Waals surface area contributed by atoms with Crippen LogP contribution in [0.4, 0.5) is 14.5 Å². The SMILES string of the molecule is O=[N+]([O-])c1cc(S(=O)(=O)N2CCCC2)ccc1Oc1ccc(F)cc1F. The predicted octanol–water partition coefficient (Wildman–Crippen LogP) is 3.45. The summed E-state index contributed by atoms with van der Waals surface area (Å²) in [6.45, 7) is 0.713. The fourth-order valence-electron chi connectivity index (χ4n) is 2.64. The fraction of sp³-hybridized carbons (Fsp3) is 0.250. The third-order valence-electron chi connectivity index (χ3n) is 3.94. The molecule has 10 heteroatoms. The Kier molecular flexibility index (Phi) is 4.88. The molecule has 2 aromatic carbocycles. The maximum atomic E-state index is 13.7. The molecule has 0 atom stereocenters. The molecule has 0 unspecified atom stereocenters. The lowest BCUT2D eigenvalue weighted by atomic mass is 10.3. The molecule has 3 rings (SSSR count). The number of nitro benzene ring substituents is 1. The van der Waals surface area contributed by atoms with E-state index in [0.29, 0.717) is 19.2 Å². The molecule has 138 valence electrons. The first-order valence-corrected chi connectivity index (χ1v) is 9.14. The summed E-state index contributed by atoms with van der Waals surface area (Å²) in [5.41, 5.74) is -0.631. The van der Waals surface area contributed by atoms with Gasteiger partial charge in [-0.3, -0.25) is 10.1 Å². The van der Waals surface area contributed by atoms with Crippen LogP contribution in [0, 0.1) is 21.7 Å². The van der Waals surface area contributed by atoms with Gasteiger partial charge in [0.2, 0.25) is 15.8 Å². The van der Waals surface area contributed by atoms with Crippen LogP contribution in [0.5, 0.6) is 11.5 Å². The molecule has 1 aliphatic rings. The van der Waals surface area contributed by atoms with Gasteiger partial charge >= 0.3 is 5.69 Å². The smallest absolute Gasteiger partial charge is 0.312 e. The summed E-state index contributed by atoms with van der Waals surface area (Å²) in [7, 11) is -3.85. The monoisotopic (exact) mass is 384 g/mol. The zero-order valence-electron chi connectivity index (χ0n) is 13.4. The molecular weight excluding hydrogens is 370 g/mol. The molecule has 0 radical (unpaired) electrons. The van der Waals surface area contributed by atoms with Crippen molar-refractivity contribution in [3.8, 4) is 11.5 Å². The highest BCUT2D eigenvalue weighted by molar-refractivity contribution is 7.89. The summed E-state index contributed by atoms with van der Waals surface area (Å²) in [5.74, 6) is -2.62. The van der Waals surface area contributed by atoms with Gasteiger partial charge in [0.05, 0.1) is 9.82 Å². The van der Waals surface area contributed by atoms with E-state index in [1.54, 1.807) is 0 Å². The normalized spacial score (nSPS) is 15.2. The minimum Gasteiger partial charge on any atom is -0.447 e. The van der Waals surface area contributed by atoms with E-state index in [2.05, 4.69) is 0 Å². The van der Waals surface area contributed by atoms with E-state index >= 15 is 0 Å². The van der Waals surface area contributed by atoms with Crippen LogP contribution in [-0.2, 0) is 10.0 Å². The predicted molar refractivity (Wildman–Crippen MR) is 87.5 cm³/mol. The molecule has 2 aromatic rings. The van der Waals surface area contributed by atoms with Gasteiger partial charge in [0.1, 0.15) is 5.82 Å². The van der Waals surface area contributed by atoms with Gasteiger partial charge in [-0.05, 0) is 37.1 Å². The highest BCUT2D eigenvalue weighted by Gasteiger charge is 2.30. The molecule has 0 amide bonds. The average molecular weight is 384 g/mol. The van der Waals surface area contributed by atoms with Gasteiger partial charge in [-0.2, -0.15) is 4.31 Å². The van der Waals surface area contributed by atoms with E-state index in [4.69, 9.17) is 4.74 Å². The van der Waals surface area contributed by atoms with E-state index in [1.165, 1.54) is 4.31 Å². The van der Waals surface area contributed by atoms with Crippen molar-refractivity contribution in [3.63, 3.8) is 0 Å². The number of nitrogens with zero attached hydrogens (tertiary/aromatic N) is 2. The lowest BCUT2D eigenvalue weighted by Gasteiger charge is -2.16. The number of rotatable bonds is 5. The maximum Gasteiger partial charge on any atom is 0.312 e. The summed E-state index contributed by atoms with van der Waals surface area (Å²) >= 11 is 0. The highest BCUT2D eigenvalue weighted by atomic mass is 32.2. The van der Waals surface area contributed by atoms with Crippen molar-refractivity contribution in [2.75, 3.05) is 13.1 Å². The lowest BCUT2D eigenvalue weighted by molar-refractivity contribution is -0.385. The van der Waals surface area contributed by atoms with E-state index in [0.717, 1.165) is 43.2 Å². The first-order chi connectivity index (χ1) is 12.3. The molecule has 26 heavy (non-hydrogen) atoms. The molecule has 0 N–H and O–H groups in total. The van der Waals surface area contributed by atoms with Crippen LogP contribution in [0.1, 0.15) is 12.8 Å². The number of sulfonamides is 1. The van der Waals surface area contributed by atoms with Gasteiger partial charge < -0.3 is 4.74 Å². The second-order valence-corrected chi connectivity index (χ2v) is 7.61. The number of halogens is 2. The van der Waals surface area contributed by atoms with Crippen LogP contribution in [0.3, 0.4) is 0 Å². The second-order valence-electron chi connectivity index (χ2n) is 5.67. The Labute approximate surface area is 148 Å². The second kappa shape index (κ2) is 6.96. The Hall–Kier alpha value is -2.59. The zero-order valence-corrected chi connectivity index (χ0v) is 14.2. The van der Waals surface area contributed by atoms with E-state index in [-0.39, 0.29) is 10.6 Å². The van der Waals surface area contributed by atoms with Crippen LogP contribution in [0.2, 0.25) is 0 Å². The van der Waals surface area contributed by atoms with E-state index in [1.807, 2.05) is 0 Å². The van der Waals surface area contributed by atoms with Gasteiger partial charge in [-0.1, -0.05) is 0 Å². The third kappa shape index (κ3) is 3.51. The standard InChI is InChI=1S/C16H14F2N2O5S/c17-11-3-5-15(13(18)9-11)25-16-6-4-12(10-14(16)20(21)22)26(23,24)19-7-1-2-8-19/h3-6,9-10H,1-2,7-8H2. The summed E-state index contributed by atoms with van der Waals surface area (Å²) in [6, 6.07) is 5.64. The summed E-state index contributed by atoms with van der Waals surface area (Å²) in [6.07, 6.45) is 1.46. The van der Waals surface area contributed by atoms with Crippen molar-refractivity contribution in [2.45, 2.75) is 17.7 Å². The van der Waals surface area contributed by atoms with Gasteiger partial charge in [0, 0.05) is 25.2 Å². The average Bonchev–Trinajstić information content (AvgIpc) is 3.12. The quantitative estimate of drug-likeness (QED) is 0.582. The Morgan fingerprint density at radius 3 is 2.31 bits per heavy atom. The summed E-state index contributed by atoms with van der Waals surface area (Å²) in [5, 5.41) is 11.3. The van der Waals surface area contributed by atoms with Crippen LogP contribution in [0.25, 0.3) is 0 Å². The first kappa shape index (κ1) is 18.2. The molecule has 0 saturated carbocycles. The number of benzene rings is 2. The van der Waals surface area contributed by atoms with Gasteiger partial charge in [0.25, 0.3) is 0 Å². The topological polar surface area (TPSA) is 89.8 Å². The fourth-order valence-corrected chi connectivity index (χ4v) is 4.18. The zero-order chi connectivity index (χ0) is 18.9. The largest absolute Gasteiger partial charge is 0.447 e. The van der Waals surface area contributed by atoms with Crippen molar-refractivity contribution in [1.29, 1.82) is 0 Å². The minimum absolute atomic E-state index is 0.238. The minimum atomic E-state index is -3.85. The molecule has 0 aliphatic carbocycles. The van der Waals surface area contributed by atoms with E-state index in [9.17, 15) is 27.3 Å². The Morgan fingerprint density at radius 1 is 1.04 bits per heavy atom. The lowest BCUT2D eigenvalue weighted by Crippen LogP contribution is -2.27. The first-order valence-electron chi connectivity index (χ1n) is 7.70. The Balaban J connectivity index is 1.98. The molecule has 0 aromatic heterocycles. The summed E-state index contributed by atoms with van der Waals surface area (Å²) < 4.78 is 58.1. The van der Waals surface area contributed by atoms with Crippen molar-refractivity contribution in [3.05, 3.63) is 58.1 Å². The number of hydrogen-bond donors (Lipinski definition) is 0. The molecule has 1 aliphatic heterocycles. The van der Waals surface area contributed by atoms with Crippen LogP contribution < -0.4 is 4.74 Å². The molecule has 7 nitrogen and oxygen atoms in total. The van der Waals surface area contributed by atoms with Gasteiger partial charge in [0.15, 0.2) is 11.6 Å². The highest BCUT2D eigenvalue weighted by Crippen LogP contribution is 2.35. The van der Waals surface area contributed by atoms with Crippen LogP contribution in [0.15, 0.2) is 41.3 Å². The summed E-state index contributed by atoms with van der Waals surface area (Å²) in [4.78, 5) is 10.3. The molecule has 1 fully saturated rings. The number of ether oxygens (including phenoxy) is 1. The Bertz CT molecular complexity index is 959. The van der Waals surface area contributed by atoms with Crippen molar-refractivity contribution in [2.24, 2.45) is 0 Å². The van der Waals surface area contributed by atoms with Gasteiger partial charge in [-0.25, -0.2) is 17.2 Å².